The summed E-state index contributed by atoms with van der Waals surface area (Å²) in [4.78, 5) is 29.0. The number of imidazole rings is 1. The van der Waals surface area contributed by atoms with Crippen LogP contribution in [0, 0.1) is 0 Å². The van der Waals surface area contributed by atoms with Crippen LogP contribution in [0.5, 0.6) is 0 Å². The number of nitrogens with one attached hydrogen (secondary N) is 1. The van der Waals surface area contributed by atoms with Gasteiger partial charge in [0.15, 0.2) is 5.82 Å². The molecule has 0 unspecified atom stereocenters. The Labute approximate surface area is 163 Å². The van der Waals surface area contributed by atoms with Gasteiger partial charge in [-0.2, -0.15) is 0 Å². The zero-order chi connectivity index (χ0) is 19.5. The highest BCUT2D eigenvalue weighted by Gasteiger charge is 2.23. The van der Waals surface area contributed by atoms with Gasteiger partial charge in [0, 0.05) is 30.7 Å². The number of aryl methyl sites for hydroxylation is 1. The number of carbonyl (C=O) groups excluding carboxylic acids is 2. The third-order valence-electron chi connectivity index (χ3n) is 4.92. The number of hydrogen-bond acceptors (Lipinski definition) is 4. The van der Waals surface area contributed by atoms with Gasteiger partial charge in [-0.05, 0) is 41.8 Å². The molecule has 6 nitrogen and oxygen atoms in total. The van der Waals surface area contributed by atoms with Gasteiger partial charge in [-0.25, -0.2) is 4.98 Å². The van der Waals surface area contributed by atoms with E-state index in [1.807, 2.05) is 18.2 Å². The van der Waals surface area contributed by atoms with E-state index in [0.29, 0.717) is 23.7 Å². The molecule has 0 aliphatic carbocycles. The fourth-order valence-electron chi connectivity index (χ4n) is 3.44. The number of benzene rings is 2. The minimum absolute atomic E-state index is 0.120. The van der Waals surface area contributed by atoms with Crippen molar-refractivity contribution < 1.29 is 14.3 Å². The molecule has 2 aromatic carbocycles. The van der Waals surface area contributed by atoms with Gasteiger partial charge in [0.25, 0.3) is 0 Å². The smallest absolute Gasteiger partial charge is 0.228 e. The van der Waals surface area contributed by atoms with Gasteiger partial charge >= 0.3 is 0 Å². The quantitative estimate of drug-likeness (QED) is 0.695. The van der Waals surface area contributed by atoms with E-state index in [2.05, 4.69) is 16.4 Å². The molecule has 1 aliphatic rings. The molecule has 0 saturated carbocycles. The van der Waals surface area contributed by atoms with E-state index in [1.165, 1.54) is 5.56 Å². The largest absolute Gasteiger partial charge is 0.373 e. The number of nitrogens with zero attached hydrogens (tertiary/aromatic N) is 2. The summed E-state index contributed by atoms with van der Waals surface area (Å²) in [6.07, 6.45) is 4.22. The van der Waals surface area contributed by atoms with E-state index in [1.54, 1.807) is 48.3 Å². The van der Waals surface area contributed by atoms with Gasteiger partial charge in [0.1, 0.15) is 0 Å². The lowest BCUT2D eigenvalue weighted by molar-refractivity contribution is -0.119. The summed E-state index contributed by atoms with van der Waals surface area (Å²) >= 11 is 0. The number of ether oxygens (including phenoxy) is 1. The average Bonchev–Trinajstić information content (AvgIpc) is 3.14. The lowest BCUT2D eigenvalue weighted by atomic mass is 9.95. The lowest BCUT2D eigenvalue weighted by Gasteiger charge is -2.25. The zero-order valence-corrected chi connectivity index (χ0v) is 15.6. The fraction of sp³-hybridized carbons (Fsp3) is 0.227. The fourth-order valence-corrected chi connectivity index (χ4v) is 3.44. The number of carbonyl (C=O) groups is 2. The zero-order valence-electron chi connectivity index (χ0n) is 15.6. The summed E-state index contributed by atoms with van der Waals surface area (Å²) in [6.45, 7) is 0.624. The van der Waals surface area contributed by atoms with Gasteiger partial charge in [0.05, 0.1) is 19.1 Å². The van der Waals surface area contributed by atoms with E-state index in [4.69, 9.17) is 4.74 Å². The van der Waals surface area contributed by atoms with Crippen LogP contribution >= 0.6 is 0 Å². The third-order valence-corrected chi connectivity index (χ3v) is 4.92. The topological polar surface area (TPSA) is 73.2 Å². The molecular formula is C22H21N3O3. The molecule has 0 saturated heterocycles. The van der Waals surface area contributed by atoms with E-state index < -0.39 is 0 Å². The first-order valence-electron chi connectivity index (χ1n) is 9.23. The molecule has 142 valence electrons. The summed E-state index contributed by atoms with van der Waals surface area (Å²) in [6, 6.07) is 14.9. The number of fused-ring (bicyclic) bond motifs is 1. The summed E-state index contributed by atoms with van der Waals surface area (Å²) in [5.41, 5.74) is 3.49. The number of hydrogen-bond donors (Lipinski definition) is 1. The minimum Gasteiger partial charge on any atom is -0.373 e. The molecule has 0 spiro atoms. The van der Waals surface area contributed by atoms with Crippen molar-refractivity contribution in [2.45, 2.75) is 18.9 Å². The maximum Gasteiger partial charge on any atom is 0.228 e. The first-order chi connectivity index (χ1) is 13.6. The molecule has 1 atom stereocenters. The van der Waals surface area contributed by atoms with Crippen LogP contribution in [0.2, 0.25) is 0 Å². The Bertz CT molecular complexity index is 1010. The van der Waals surface area contributed by atoms with Crippen LogP contribution in [-0.2, 0) is 23.0 Å². The average molecular weight is 375 g/mol. The Morgan fingerprint density at radius 3 is 2.71 bits per heavy atom. The van der Waals surface area contributed by atoms with Crippen LogP contribution in [0.3, 0.4) is 0 Å². The number of rotatable bonds is 5. The molecule has 1 aliphatic heterocycles. The molecule has 1 amide bonds. The van der Waals surface area contributed by atoms with Crippen LogP contribution in [0.15, 0.2) is 60.9 Å². The normalized spacial score (nSPS) is 15.7. The van der Waals surface area contributed by atoms with E-state index in [-0.39, 0.29) is 24.2 Å². The molecule has 2 heterocycles. The van der Waals surface area contributed by atoms with Crippen molar-refractivity contribution in [2.24, 2.45) is 7.05 Å². The van der Waals surface area contributed by atoms with Crippen LogP contribution in [0.25, 0.3) is 0 Å². The Hall–Kier alpha value is -3.25. The van der Waals surface area contributed by atoms with Crippen molar-refractivity contribution in [1.29, 1.82) is 0 Å². The highest BCUT2D eigenvalue weighted by Crippen LogP contribution is 2.29. The van der Waals surface area contributed by atoms with E-state index in [9.17, 15) is 9.59 Å². The SMILES string of the molecule is Cn1ccnc1C(=O)c1ccc(NC(=O)C[C@H]2OCCc3ccccc32)cc1. The summed E-state index contributed by atoms with van der Waals surface area (Å²) in [7, 11) is 1.78. The van der Waals surface area contributed by atoms with Gasteiger partial charge in [-0.15, -0.1) is 0 Å². The second-order valence-corrected chi connectivity index (χ2v) is 6.83. The van der Waals surface area contributed by atoms with Crippen LogP contribution in [0.4, 0.5) is 5.69 Å². The number of amides is 1. The number of ketones is 1. The molecule has 0 bridgehead atoms. The molecule has 1 N–H and O–H groups in total. The second kappa shape index (κ2) is 7.78. The molecule has 1 aromatic heterocycles. The predicted molar refractivity (Wildman–Crippen MR) is 105 cm³/mol. The van der Waals surface area contributed by atoms with Crippen LogP contribution in [-0.4, -0.2) is 27.8 Å². The third kappa shape index (κ3) is 3.73. The maximum atomic E-state index is 12.5. The number of aromatic nitrogens is 2. The standard InChI is InChI=1S/C22H21N3O3/c1-25-12-11-23-22(25)21(27)16-6-8-17(9-7-16)24-20(26)14-19-18-5-3-2-4-15(18)10-13-28-19/h2-9,11-12,19H,10,13-14H2,1H3,(H,24,26)/t19-/m1/s1. The molecule has 28 heavy (non-hydrogen) atoms. The van der Waals surface area contributed by atoms with Gasteiger partial charge in [0.2, 0.25) is 11.7 Å². The summed E-state index contributed by atoms with van der Waals surface area (Å²) in [5, 5.41) is 2.88. The highest BCUT2D eigenvalue weighted by molar-refractivity contribution is 6.07. The second-order valence-electron chi connectivity index (χ2n) is 6.83. The maximum absolute atomic E-state index is 12.5. The Kier molecular flexibility index (Phi) is 5.04. The molecule has 4 rings (SSSR count). The van der Waals surface area contributed by atoms with Crippen molar-refractivity contribution >= 4 is 17.4 Å². The van der Waals surface area contributed by atoms with Gasteiger partial charge in [-0.3, -0.25) is 9.59 Å². The van der Waals surface area contributed by atoms with Crippen molar-refractivity contribution in [2.75, 3.05) is 11.9 Å². The Morgan fingerprint density at radius 2 is 1.96 bits per heavy atom. The molecule has 6 heteroatoms. The first-order valence-corrected chi connectivity index (χ1v) is 9.23. The monoisotopic (exact) mass is 375 g/mol. The molecule has 0 fully saturated rings. The molecular weight excluding hydrogens is 354 g/mol. The van der Waals surface area contributed by atoms with Crippen molar-refractivity contribution in [3.63, 3.8) is 0 Å². The van der Waals surface area contributed by atoms with Crippen molar-refractivity contribution in [1.82, 2.24) is 9.55 Å². The van der Waals surface area contributed by atoms with Crippen molar-refractivity contribution in [3.05, 3.63) is 83.4 Å². The molecule has 3 aromatic rings. The number of anilines is 1. The molecule has 0 radical (unpaired) electrons. The van der Waals surface area contributed by atoms with Crippen LogP contribution < -0.4 is 5.32 Å². The highest BCUT2D eigenvalue weighted by atomic mass is 16.5. The summed E-state index contributed by atoms with van der Waals surface area (Å²) < 4.78 is 7.48. The Balaban J connectivity index is 1.40. The van der Waals surface area contributed by atoms with Gasteiger partial charge < -0.3 is 14.6 Å². The van der Waals surface area contributed by atoms with E-state index >= 15 is 0 Å². The lowest BCUT2D eigenvalue weighted by Crippen LogP contribution is -2.22. The Morgan fingerprint density at radius 1 is 1.18 bits per heavy atom. The minimum atomic E-state index is -0.228. The van der Waals surface area contributed by atoms with Gasteiger partial charge in [-0.1, -0.05) is 24.3 Å². The first kappa shape index (κ1) is 18.1. The van der Waals surface area contributed by atoms with Crippen molar-refractivity contribution in [3.8, 4) is 0 Å². The summed E-state index contributed by atoms with van der Waals surface area (Å²) in [5.74, 6) is 0.104. The van der Waals surface area contributed by atoms with Crippen LogP contribution in [0.1, 0.15) is 39.8 Å². The van der Waals surface area contributed by atoms with E-state index in [0.717, 1.165) is 12.0 Å². The predicted octanol–water partition coefficient (Wildman–Crippen LogP) is 3.29.